The van der Waals surface area contributed by atoms with Crippen LogP contribution in [0, 0.1) is 11.2 Å². The number of halogens is 1. The van der Waals surface area contributed by atoms with Crippen molar-refractivity contribution in [1.82, 2.24) is 30.2 Å². The molecule has 2 aromatic heterocycles. The van der Waals surface area contributed by atoms with Crippen molar-refractivity contribution in [2.24, 2.45) is 5.41 Å². The highest BCUT2D eigenvalue weighted by Crippen LogP contribution is 2.40. The fourth-order valence-corrected chi connectivity index (χ4v) is 4.93. The normalized spacial score (nSPS) is 21.4. The van der Waals surface area contributed by atoms with E-state index in [-0.39, 0.29) is 30.6 Å². The number of hydrogen-bond acceptors (Lipinski definition) is 7. The molecule has 3 unspecified atom stereocenters. The van der Waals surface area contributed by atoms with Crippen LogP contribution >= 0.6 is 0 Å². The Labute approximate surface area is 220 Å². The summed E-state index contributed by atoms with van der Waals surface area (Å²) in [7, 11) is 0. The molecule has 11 heteroatoms. The van der Waals surface area contributed by atoms with Crippen molar-refractivity contribution in [3.05, 3.63) is 54.1 Å². The number of aliphatic hydroxyl groups excluding tert-OH is 1. The Morgan fingerprint density at radius 3 is 2.58 bits per heavy atom. The summed E-state index contributed by atoms with van der Waals surface area (Å²) in [4.78, 5) is 32.9. The van der Waals surface area contributed by atoms with E-state index in [0.29, 0.717) is 17.2 Å². The molecule has 38 heavy (non-hydrogen) atoms. The van der Waals surface area contributed by atoms with Gasteiger partial charge in [0.25, 0.3) is 0 Å². The molecule has 1 saturated heterocycles. The van der Waals surface area contributed by atoms with Gasteiger partial charge in [-0.1, -0.05) is 26.0 Å². The van der Waals surface area contributed by atoms with Crippen molar-refractivity contribution >= 4 is 11.8 Å². The van der Waals surface area contributed by atoms with E-state index in [1.165, 1.54) is 23.2 Å². The van der Waals surface area contributed by atoms with Crippen LogP contribution in [0.4, 0.5) is 4.39 Å². The molecule has 2 aliphatic rings. The van der Waals surface area contributed by atoms with E-state index in [1.54, 1.807) is 23.7 Å². The molecule has 202 valence electrons. The van der Waals surface area contributed by atoms with Gasteiger partial charge in [-0.25, -0.2) is 14.1 Å². The van der Waals surface area contributed by atoms with Gasteiger partial charge in [0.1, 0.15) is 23.9 Å². The second-order valence-electron chi connectivity index (χ2n) is 11.4. The Balaban J connectivity index is 1.31. The van der Waals surface area contributed by atoms with Crippen LogP contribution in [0.3, 0.4) is 0 Å². The fraction of sp³-hybridized carbons (Fsp3) is 0.519. The zero-order valence-electron chi connectivity index (χ0n) is 22.0. The van der Waals surface area contributed by atoms with Crippen LogP contribution in [0.5, 0.6) is 0 Å². The zero-order valence-corrected chi connectivity index (χ0v) is 22.0. The lowest BCUT2D eigenvalue weighted by molar-refractivity contribution is -0.144. The molecule has 3 heterocycles. The van der Waals surface area contributed by atoms with Crippen LogP contribution in [-0.4, -0.2) is 60.5 Å². The van der Waals surface area contributed by atoms with Crippen LogP contribution < -0.4 is 5.32 Å². The average molecular weight is 525 g/mol. The molecule has 0 spiro atoms. The van der Waals surface area contributed by atoms with Crippen LogP contribution in [0.15, 0.2) is 41.1 Å². The Bertz CT molecular complexity index is 1310. The number of rotatable bonds is 7. The maximum absolute atomic E-state index is 13.9. The van der Waals surface area contributed by atoms with Gasteiger partial charge in [-0.2, -0.15) is 0 Å². The van der Waals surface area contributed by atoms with Gasteiger partial charge < -0.3 is 19.7 Å². The van der Waals surface area contributed by atoms with Crippen molar-refractivity contribution in [2.75, 3.05) is 6.54 Å². The number of amides is 2. The molecule has 0 radical (unpaired) electrons. The van der Waals surface area contributed by atoms with Crippen LogP contribution in [-0.2, 0) is 9.59 Å². The molecule has 2 N–H and O–H groups in total. The molecule has 1 aromatic carbocycles. The Morgan fingerprint density at radius 2 is 1.92 bits per heavy atom. The Kier molecular flexibility index (Phi) is 6.81. The number of carbonyl (C=O) groups is 2. The molecule has 2 fully saturated rings. The van der Waals surface area contributed by atoms with Gasteiger partial charge in [0.15, 0.2) is 5.76 Å². The van der Waals surface area contributed by atoms with Gasteiger partial charge >= 0.3 is 0 Å². The number of nitrogens with zero attached hydrogens (tertiary/aromatic N) is 5. The molecule has 1 aliphatic carbocycles. The van der Waals surface area contributed by atoms with E-state index in [0.717, 1.165) is 18.5 Å². The molecule has 10 nitrogen and oxygen atoms in total. The second kappa shape index (κ2) is 9.94. The van der Waals surface area contributed by atoms with E-state index in [9.17, 15) is 19.1 Å². The van der Waals surface area contributed by atoms with Crippen LogP contribution in [0.1, 0.15) is 76.5 Å². The SMILES string of the molecule is CC(NC(=O)C1CC(O)CN1C(=O)[C@@H](n1cc(C2CC2)nn1)C(C)(C)C)c1ncc(-c2ccc(F)cc2)o1. The topological polar surface area (TPSA) is 126 Å². The summed E-state index contributed by atoms with van der Waals surface area (Å²) in [6.07, 6.45) is 4.79. The molecule has 5 rings (SSSR count). The summed E-state index contributed by atoms with van der Waals surface area (Å²) in [6, 6.07) is 3.68. The summed E-state index contributed by atoms with van der Waals surface area (Å²) >= 11 is 0. The Morgan fingerprint density at radius 1 is 1.21 bits per heavy atom. The van der Waals surface area contributed by atoms with Gasteiger partial charge in [0.2, 0.25) is 17.7 Å². The minimum absolute atomic E-state index is 0.0514. The number of aromatic nitrogens is 4. The number of likely N-dealkylation sites (tertiary alicyclic amines) is 1. The predicted octanol–water partition coefficient (Wildman–Crippen LogP) is 3.38. The molecular weight excluding hydrogens is 491 g/mol. The molecule has 1 saturated carbocycles. The van der Waals surface area contributed by atoms with Gasteiger partial charge in [-0.05, 0) is 49.4 Å². The molecule has 0 bridgehead atoms. The van der Waals surface area contributed by atoms with Gasteiger partial charge in [-0.15, -0.1) is 5.10 Å². The van der Waals surface area contributed by atoms with Gasteiger partial charge in [0, 0.05) is 30.6 Å². The zero-order chi connectivity index (χ0) is 27.2. The van der Waals surface area contributed by atoms with E-state index in [1.807, 2.05) is 27.0 Å². The molecule has 1 aliphatic heterocycles. The van der Waals surface area contributed by atoms with E-state index >= 15 is 0 Å². The van der Waals surface area contributed by atoms with E-state index in [4.69, 9.17) is 4.42 Å². The number of nitrogens with one attached hydrogen (secondary N) is 1. The Hall–Kier alpha value is -3.60. The summed E-state index contributed by atoms with van der Waals surface area (Å²) < 4.78 is 20.6. The number of benzene rings is 1. The smallest absolute Gasteiger partial charge is 0.248 e. The van der Waals surface area contributed by atoms with Crippen molar-refractivity contribution in [1.29, 1.82) is 0 Å². The van der Waals surface area contributed by atoms with Crippen LogP contribution in [0.25, 0.3) is 11.3 Å². The summed E-state index contributed by atoms with van der Waals surface area (Å²) in [5.41, 5.74) is 1.02. The maximum Gasteiger partial charge on any atom is 0.248 e. The average Bonchev–Trinajstić information content (AvgIpc) is 3.23. The molecular formula is C27H33FN6O4. The monoisotopic (exact) mass is 524 g/mol. The molecule has 3 aromatic rings. The lowest BCUT2D eigenvalue weighted by atomic mass is 9.85. The fourth-order valence-electron chi connectivity index (χ4n) is 4.93. The van der Waals surface area contributed by atoms with Crippen LogP contribution in [0.2, 0.25) is 0 Å². The first-order chi connectivity index (χ1) is 18.0. The molecule has 2 amide bonds. The standard InChI is InChI=1S/C27H33FN6O4/c1-15(25-29-12-22(38-25)17-7-9-18(28)10-8-17)30-24(36)21-11-19(35)13-33(21)26(37)23(27(2,3)4)34-14-20(31-32-34)16-5-6-16/h7-10,12,14-16,19,21,23,35H,5-6,11,13H2,1-4H3,(H,30,36)/t15?,19?,21?,23-/m1/s1. The van der Waals surface area contributed by atoms with Gasteiger partial charge in [0.05, 0.1) is 18.0 Å². The van der Waals surface area contributed by atoms with Crippen molar-refractivity contribution in [3.63, 3.8) is 0 Å². The first-order valence-electron chi connectivity index (χ1n) is 12.9. The minimum atomic E-state index is -0.859. The number of oxazole rings is 1. The van der Waals surface area contributed by atoms with Gasteiger partial charge in [-0.3, -0.25) is 9.59 Å². The third kappa shape index (κ3) is 5.33. The third-order valence-electron chi connectivity index (χ3n) is 7.09. The highest BCUT2D eigenvalue weighted by Gasteiger charge is 2.45. The summed E-state index contributed by atoms with van der Waals surface area (Å²) in [5.74, 6) is 0.0647. The highest BCUT2D eigenvalue weighted by molar-refractivity contribution is 5.90. The number of carbonyl (C=O) groups excluding carboxylic acids is 2. The maximum atomic E-state index is 13.9. The number of hydrogen-bond donors (Lipinski definition) is 2. The largest absolute Gasteiger partial charge is 0.438 e. The predicted molar refractivity (Wildman–Crippen MR) is 135 cm³/mol. The first kappa shape index (κ1) is 26.0. The lowest BCUT2D eigenvalue weighted by Gasteiger charge is -2.34. The second-order valence-corrected chi connectivity index (χ2v) is 11.4. The summed E-state index contributed by atoms with van der Waals surface area (Å²) in [5, 5.41) is 21.8. The number of aliphatic hydroxyl groups is 1. The highest BCUT2D eigenvalue weighted by atomic mass is 19.1. The first-order valence-corrected chi connectivity index (χ1v) is 12.9. The lowest BCUT2D eigenvalue weighted by Crippen LogP contribution is -2.50. The van der Waals surface area contributed by atoms with E-state index < -0.39 is 35.6 Å². The van der Waals surface area contributed by atoms with Crippen molar-refractivity contribution in [2.45, 2.75) is 77.1 Å². The quantitative estimate of drug-likeness (QED) is 0.485. The summed E-state index contributed by atoms with van der Waals surface area (Å²) in [6.45, 7) is 7.61. The third-order valence-corrected chi connectivity index (χ3v) is 7.09. The van der Waals surface area contributed by atoms with E-state index in [2.05, 4.69) is 20.6 Å². The molecule has 4 atom stereocenters. The number of β-amino-alcohol motifs (C(OH)–C–C–N with tert-alkyl or cyclic N) is 1. The van der Waals surface area contributed by atoms with Crippen molar-refractivity contribution in [3.8, 4) is 11.3 Å². The minimum Gasteiger partial charge on any atom is -0.438 e. The van der Waals surface area contributed by atoms with Crippen molar-refractivity contribution < 1.29 is 23.5 Å².